The van der Waals surface area contributed by atoms with Crippen molar-refractivity contribution in [2.24, 2.45) is 0 Å². The molecule has 0 saturated carbocycles. The second-order valence-electron chi connectivity index (χ2n) is 8.88. The molecule has 0 fully saturated rings. The quantitative estimate of drug-likeness (QED) is 0.596. The summed E-state index contributed by atoms with van der Waals surface area (Å²) in [7, 11) is 2.06. The van der Waals surface area contributed by atoms with Crippen molar-refractivity contribution in [3.8, 4) is 5.75 Å². The minimum atomic E-state index is -0.0521. The van der Waals surface area contributed by atoms with Crippen LogP contribution in [0.2, 0.25) is 0 Å². The highest BCUT2D eigenvalue weighted by Gasteiger charge is 2.26. The fraction of sp³-hybridized carbons (Fsp3) is 0.214. The van der Waals surface area contributed by atoms with Crippen molar-refractivity contribution in [2.45, 2.75) is 26.6 Å². The average molecular weight is 453 g/mol. The number of nitrogens with zero attached hydrogens (tertiary/aromatic N) is 3. The zero-order valence-electron chi connectivity index (χ0n) is 19.7. The summed E-state index contributed by atoms with van der Waals surface area (Å²) in [6.07, 6.45) is 9.87. The van der Waals surface area contributed by atoms with Gasteiger partial charge in [0.05, 0.1) is 12.2 Å². The third kappa shape index (κ3) is 4.53. The number of amides is 1. The number of pyridine rings is 1. The molecule has 1 aromatic heterocycles. The number of aryl methyl sites for hydroxylation is 2. The lowest BCUT2D eigenvalue weighted by molar-refractivity contribution is -0.121. The Balaban J connectivity index is 1.45. The van der Waals surface area contributed by atoms with Gasteiger partial charge in [-0.1, -0.05) is 12.1 Å². The van der Waals surface area contributed by atoms with E-state index in [1.807, 2.05) is 24.3 Å². The van der Waals surface area contributed by atoms with E-state index in [-0.39, 0.29) is 18.7 Å². The predicted molar refractivity (Wildman–Crippen MR) is 136 cm³/mol. The van der Waals surface area contributed by atoms with Crippen LogP contribution in [0.5, 0.6) is 5.75 Å². The highest BCUT2D eigenvalue weighted by atomic mass is 16.5. The van der Waals surface area contributed by atoms with Crippen molar-refractivity contribution in [2.75, 3.05) is 23.9 Å². The lowest BCUT2D eigenvalue weighted by Crippen LogP contribution is -2.38. The van der Waals surface area contributed by atoms with Gasteiger partial charge in [-0.05, 0) is 90.2 Å². The van der Waals surface area contributed by atoms with Gasteiger partial charge in [0.1, 0.15) is 11.9 Å². The van der Waals surface area contributed by atoms with E-state index >= 15 is 0 Å². The predicted octanol–water partition coefficient (Wildman–Crippen LogP) is 4.90. The van der Waals surface area contributed by atoms with E-state index in [1.54, 1.807) is 17.3 Å². The number of carbonyl (C=O) groups is 1. The monoisotopic (exact) mass is 452 g/mol. The summed E-state index contributed by atoms with van der Waals surface area (Å²) in [5, 5.41) is 3.63. The third-order valence-corrected chi connectivity index (χ3v) is 6.13. The minimum Gasteiger partial charge on any atom is -0.482 e. The SMILES string of the molecule is Cc1cc(C)cc(NC2C=C(c3ccc4c(c3)N(Cc3ccncc3)C(=O)CO4)C=CN2C)c1. The molecule has 3 aromatic rings. The summed E-state index contributed by atoms with van der Waals surface area (Å²) in [5.74, 6) is 0.670. The van der Waals surface area contributed by atoms with Crippen molar-refractivity contribution in [3.63, 3.8) is 0 Å². The summed E-state index contributed by atoms with van der Waals surface area (Å²) in [6, 6.07) is 16.4. The van der Waals surface area contributed by atoms with Gasteiger partial charge in [-0.2, -0.15) is 0 Å². The number of anilines is 2. The van der Waals surface area contributed by atoms with Crippen LogP contribution in [0.25, 0.3) is 5.57 Å². The Morgan fingerprint density at radius 1 is 1.06 bits per heavy atom. The summed E-state index contributed by atoms with van der Waals surface area (Å²) >= 11 is 0. The number of allylic oxidation sites excluding steroid dienone is 2. The van der Waals surface area contributed by atoms with Gasteiger partial charge in [0.25, 0.3) is 5.91 Å². The van der Waals surface area contributed by atoms with Gasteiger partial charge in [-0.15, -0.1) is 0 Å². The van der Waals surface area contributed by atoms with Crippen LogP contribution in [0.15, 0.2) is 79.3 Å². The smallest absolute Gasteiger partial charge is 0.265 e. The maximum atomic E-state index is 12.7. The van der Waals surface area contributed by atoms with E-state index in [2.05, 4.69) is 78.7 Å². The fourth-order valence-corrected chi connectivity index (χ4v) is 4.42. The van der Waals surface area contributed by atoms with Gasteiger partial charge < -0.3 is 19.9 Å². The number of ether oxygens (including phenoxy) is 1. The number of likely N-dealkylation sites (N-methyl/N-ethyl adjacent to an activating group) is 1. The molecule has 0 spiro atoms. The fourth-order valence-electron chi connectivity index (χ4n) is 4.42. The van der Waals surface area contributed by atoms with Gasteiger partial charge in [-0.3, -0.25) is 9.78 Å². The van der Waals surface area contributed by atoms with Gasteiger partial charge >= 0.3 is 0 Å². The number of fused-ring (bicyclic) bond motifs is 1. The van der Waals surface area contributed by atoms with Crippen molar-refractivity contribution in [1.29, 1.82) is 0 Å². The minimum absolute atomic E-state index is 0.00281. The van der Waals surface area contributed by atoms with E-state index in [0.29, 0.717) is 6.54 Å². The van der Waals surface area contributed by atoms with Crippen LogP contribution in [0.4, 0.5) is 11.4 Å². The molecule has 0 aliphatic carbocycles. The Morgan fingerprint density at radius 2 is 1.82 bits per heavy atom. The number of aromatic nitrogens is 1. The van der Waals surface area contributed by atoms with E-state index in [1.165, 1.54) is 11.1 Å². The Kier molecular flexibility index (Phi) is 5.80. The number of rotatable bonds is 5. The number of carbonyl (C=O) groups excluding carboxylic acids is 1. The Bertz CT molecular complexity index is 1260. The van der Waals surface area contributed by atoms with Crippen molar-refractivity contribution < 1.29 is 9.53 Å². The molecule has 2 aliphatic heterocycles. The number of nitrogens with one attached hydrogen (secondary N) is 1. The van der Waals surface area contributed by atoms with Crippen LogP contribution in [0.1, 0.15) is 22.3 Å². The molecule has 3 heterocycles. The molecule has 1 atom stereocenters. The van der Waals surface area contributed by atoms with Gasteiger partial charge in [0.15, 0.2) is 6.61 Å². The first-order valence-corrected chi connectivity index (χ1v) is 11.4. The van der Waals surface area contributed by atoms with Crippen molar-refractivity contribution in [1.82, 2.24) is 9.88 Å². The summed E-state index contributed by atoms with van der Waals surface area (Å²) in [5.41, 5.74) is 7.49. The number of benzene rings is 2. The molecule has 5 rings (SSSR count). The van der Waals surface area contributed by atoms with Crippen LogP contribution in [0.3, 0.4) is 0 Å². The van der Waals surface area contributed by atoms with Crippen molar-refractivity contribution in [3.05, 3.63) is 102 Å². The van der Waals surface area contributed by atoms with E-state index in [4.69, 9.17) is 4.74 Å². The van der Waals surface area contributed by atoms with Crippen LogP contribution in [-0.2, 0) is 11.3 Å². The molecule has 172 valence electrons. The summed E-state index contributed by atoms with van der Waals surface area (Å²) < 4.78 is 5.72. The first-order chi connectivity index (χ1) is 16.5. The standard InChI is InChI=1S/C28H28N4O2/c1-19-12-20(2)14-24(13-19)30-27-16-23(8-11-31(27)3)22-4-5-26-25(15-22)32(28(33)18-34-26)17-21-6-9-29-10-7-21/h4-16,27,30H,17-18H2,1-3H3. The Hall–Kier alpha value is -4.06. The first kappa shape index (κ1) is 21.8. The molecule has 6 nitrogen and oxygen atoms in total. The van der Waals surface area contributed by atoms with Crippen molar-refractivity contribution >= 4 is 22.9 Å². The van der Waals surface area contributed by atoms with E-state index < -0.39 is 0 Å². The van der Waals surface area contributed by atoms with E-state index in [9.17, 15) is 4.79 Å². The molecule has 0 radical (unpaired) electrons. The highest BCUT2D eigenvalue weighted by Crippen LogP contribution is 2.36. The lowest BCUT2D eigenvalue weighted by atomic mass is 10.0. The molecule has 6 heteroatoms. The second kappa shape index (κ2) is 9.06. The van der Waals surface area contributed by atoms with Crippen LogP contribution in [0, 0.1) is 13.8 Å². The van der Waals surface area contributed by atoms with Crippen LogP contribution >= 0.6 is 0 Å². The summed E-state index contributed by atoms with van der Waals surface area (Å²) in [4.78, 5) is 20.8. The van der Waals surface area contributed by atoms with E-state index in [0.717, 1.165) is 33.8 Å². The molecular weight excluding hydrogens is 424 g/mol. The maximum Gasteiger partial charge on any atom is 0.265 e. The molecule has 2 aliphatic rings. The largest absolute Gasteiger partial charge is 0.482 e. The first-order valence-electron chi connectivity index (χ1n) is 11.4. The zero-order valence-corrected chi connectivity index (χ0v) is 19.7. The average Bonchev–Trinajstić information content (AvgIpc) is 2.82. The van der Waals surface area contributed by atoms with Gasteiger partial charge in [-0.25, -0.2) is 0 Å². The Labute approximate surface area is 200 Å². The molecule has 0 bridgehead atoms. The van der Waals surface area contributed by atoms with Gasteiger partial charge in [0.2, 0.25) is 0 Å². The second-order valence-corrected chi connectivity index (χ2v) is 8.88. The molecule has 0 saturated heterocycles. The normalized spacial score (nSPS) is 17.2. The number of hydrogen-bond donors (Lipinski definition) is 1. The number of hydrogen-bond acceptors (Lipinski definition) is 5. The molecule has 1 N–H and O–H groups in total. The maximum absolute atomic E-state index is 12.7. The molecule has 34 heavy (non-hydrogen) atoms. The zero-order chi connectivity index (χ0) is 23.7. The van der Waals surface area contributed by atoms with Gasteiger partial charge in [0, 0.05) is 31.3 Å². The highest BCUT2D eigenvalue weighted by molar-refractivity contribution is 5.98. The summed E-state index contributed by atoms with van der Waals surface area (Å²) in [6.45, 7) is 4.75. The third-order valence-electron chi connectivity index (χ3n) is 6.13. The molecule has 1 amide bonds. The molecule has 2 aromatic carbocycles. The molecular formula is C28H28N4O2. The molecule has 1 unspecified atom stereocenters. The lowest BCUT2D eigenvalue weighted by Gasteiger charge is -2.32. The topological polar surface area (TPSA) is 57.7 Å². The van der Waals surface area contributed by atoms with Crippen LogP contribution < -0.4 is 15.0 Å². The van der Waals surface area contributed by atoms with Crippen LogP contribution in [-0.4, -0.2) is 35.6 Å². The Morgan fingerprint density at radius 3 is 2.59 bits per heavy atom.